The number of ether oxygens (including phenoxy) is 1. The zero-order chi connectivity index (χ0) is 17.5. The van der Waals surface area contributed by atoms with Crippen molar-refractivity contribution in [2.24, 2.45) is 0 Å². The number of para-hydroxylation sites is 1. The summed E-state index contributed by atoms with van der Waals surface area (Å²) in [5.74, 6) is 2.62. The quantitative estimate of drug-likeness (QED) is 0.766. The molecule has 7 nitrogen and oxygen atoms in total. The van der Waals surface area contributed by atoms with Gasteiger partial charge in [0.05, 0.1) is 23.3 Å². The predicted octanol–water partition coefficient (Wildman–Crippen LogP) is 3.26. The molecule has 3 heterocycles. The molecule has 3 aromatic rings. The van der Waals surface area contributed by atoms with Crippen LogP contribution in [-0.2, 0) is 0 Å². The summed E-state index contributed by atoms with van der Waals surface area (Å²) in [6, 6.07) is 7.48. The Morgan fingerprint density at radius 3 is 2.96 bits per heavy atom. The first-order valence-corrected chi connectivity index (χ1v) is 9.52. The van der Waals surface area contributed by atoms with Crippen LogP contribution in [-0.4, -0.2) is 45.1 Å². The molecule has 2 aromatic heterocycles. The zero-order valence-corrected chi connectivity index (χ0v) is 14.8. The maximum atomic E-state index is 12.3. The van der Waals surface area contributed by atoms with Gasteiger partial charge in [0.15, 0.2) is 0 Å². The molecule has 1 aliphatic heterocycles. The molecule has 0 unspecified atom stereocenters. The summed E-state index contributed by atoms with van der Waals surface area (Å²) >= 11 is 1.59. The van der Waals surface area contributed by atoms with E-state index >= 15 is 0 Å². The SMILES string of the molecule is O=C(Nc1ccnc(C2CC2)n1)N1CC(Oc2cccc3scnc23)C1. The normalized spacial score (nSPS) is 17.2. The van der Waals surface area contributed by atoms with Gasteiger partial charge in [-0.25, -0.2) is 19.7 Å². The fraction of sp³-hybridized carbons (Fsp3) is 0.333. The number of nitrogens with one attached hydrogen (secondary N) is 1. The molecule has 1 saturated heterocycles. The summed E-state index contributed by atoms with van der Waals surface area (Å²) in [5.41, 5.74) is 2.70. The summed E-state index contributed by atoms with van der Waals surface area (Å²) in [6.07, 6.45) is 3.95. The van der Waals surface area contributed by atoms with Gasteiger partial charge in [0.2, 0.25) is 0 Å². The average Bonchev–Trinajstić information content (AvgIpc) is 3.35. The van der Waals surface area contributed by atoms with Crippen molar-refractivity contribution in [2.45, 2.75) is 24.9 Å². The zero-order valence-electron chi connectivity index (χ0n) is 14.0. The minimum atomic E-state index is -0.155. The van der Waals surface area contributed by atoms with Crippen LogP contribution >= 0.6 is 11.3 Å². The van der Waals surface area contributed by atoms with Gasteiger partial charge in [-0.05, 0) is 31.0 Å². The molecule has 1 aliphatic carbocycles. The first kappa shape index (κ1) is 15.5. The van der Waals surface area contributed by atoms with Crippen LogP contribution in [0.5, 0.6) is 5.75 Å². The second kappa shape index (κ2) is 6.21. The molecule has 2 amide bonds. The molecule has 0 bridgehead atoms. The van der Waals surface area contributed by atoms with Gasteiger partial charge in [-0.2, -0.15) is 0 Å². The molecule has 0 atom stereocenters. The van der Waals surface area contributed by atoms with Crippen LogP contribution < -0.4 is 10.1 Å². The summed E-state index contributed by atoms with van der Waals surface area (Å²) in [7, 11) is 0. The smallest absolute Gasteiger partial charge is 0.323 e. The van der Waals surface area contributed by atoms with Crippen LogP contribution in [0.15, 0.2) is 36.0 Å². The standard InChI is InChI=1S/C18H17N5O2S/c24-18(22-15-6-7-19-17(21-15)11-4-5-11)23-8-12(9-23)25-13-2-1-3-14-16(13)20-10-26-14/h1-3,6-7,10-12H,4-5,8-9H2,(H,19,21,22,24). The minimum absolute atomic E-state index is 0.0134. The van der Waals surface area contributed by atoms with Crippen molar-refractivity contribution >= 4 is 33.4 Å². The first-order valence-electron chi connectivity index (χ1n) is 8.64. The lowest BCUT2D eigenvalue weighted by Gasteiger charge is -2.38. The number of hydrogen-bond acceptors (Lipinski definition) is 6. The monoisotopic (exact) mass is 367 g/mol. The number of hydrogen-bond donors (Lipinski definition) is 1. The summed E-state index contributed by atoms with van der Waals surface area (Å²) in [5, 5.41) is 2.85. The Kier molecular flexibility index (Phi) is 3.70. The number of fused-ring (bicyclic) bond motifs is 1. The third-order valence-electron chi connectivity index (χ3n) is 4.60. The molecule has 1 aromatic carbocycles. The van der Waals surface area contributed by atoms with Crippen molar-refractivity contribution in [3.05, 3.63) is 41.8 Å². The summed E-state index contributed by atoms with van der Waals surface area (Å²) in [6.45, 7) is 1.10. The van der Waals surface area contributed by atoms with E-state index in [1.807, 2.05) is 23.7 Å². The number of aromatic nitrogens is 3. The highest BCUT2D eigenvalue weighted by Gasteiger charge is 2.33. The number of rotatable bonds is 4. The van der Waals surface area contributed by atoms with Crippen LogP contribution in [0, 0.1) is 0 Å². The second-order valence-corrected chi connectivity index (χ2v) is 7.49. The van der Waals surface area contributed by atoms with Gasteiger partial charge in [0.25, 0.3) is 0 Å². The van der Waals surface area contributed by atoms with E-state index in [0.717, 1.165) is 34.6 Å². The number of thiazole rings is 1. The number of nitrogens with zero attached hydrogens (tertiary/aromatic N) is 4. The lowest BCUT2D eigenvalue weighted by Crippen LogP contribution is -2.57. The molecule has 2 aliphatic rings. The summed E-state index contributed by atoms with van der Waals surface area (Å²) < 4.78 is 7.11. The molecule has 0 radical (unpaired) electrons. The largest absolute Gasteiger partial charge is 0.484 e. The van der Waals surface area contributed by atoms with Gasteiger partial charge in [-0.15, -0.1) is 11.3 Å². The Bertz CT molecular complexity index is 965. The molecule has 8 heteroatoms. The number of amides is 2. The maximum absolute atomic E-state index is 12.3. The van der Waals surface area contributed by atoms with Crippen molar-refractivity contribution in [3.8, 4) is 5.75 Å². The third kappa shape index (κ3) is 2.96. The highest BCUT2D eigenvalue weighted by atomic mass is 32.1. The Hall–Kier alpha value is -2.74. The van der Waals surface area contributed by atoms with E-state index in [9.17, 15) is 4.79 Å². The van der Waals surface area contributed by atoms with Gasteiger partial charge in [0, 0.05) is 12.1 Å². The van der Waals surface area contributed by atoms with E-state index < -0.39 is 0 Å². The molecule has 132 valence electrons. The second-order valence-electron chi connectivity index (χ2n) is 6.60. The van der Waals surface area contributed by atoms with Crippen LogP contribution in [0.25, 0.3) is 10.2 Å². The van der Waals surface area contributed by atoms with Crippen molar-refractivity contribution < 1.29 is 9.53 Å². The van der Waals surface area contributed by atoms with E-state index in [4.69, 9.17) is 4.74 Å². The van der Waals surface area contributed by atoms with E-state index in [2.05, 4.69) is 20.3 Å². The highest BCUT2D eigenvalue weighted by molar-refractivity contribution is 7.16. The lowest BCUT2D eigenvalue weighted by molar-refractivity contribution is 0.0502. The van der Waals surface area contributed by atoms with E-state index in [1.54, 1.807) is 28.5 Å². The van der Waals surface area contributed by atoms with E-state index in [0.29, 0.717) is 24.8 Å². The Labute approximate surface area is 154 Å². The van der Waals surface area contributed by atoms with Crippen molar-refractivity contribution in [3.63, 3.8) is 0 Å². The number of likely N-dealkylation sites (tertiary alicyclic amines) is 1. The van der Waals surface area contributed by atoms with Crippen LogP contribution in [0.1, 0.15) is 24.6 Å². The molecule has 5 rings (SSSR count). The number of carbonyl (C=O) groups is 1. The van der Waals surface area contributed by atoms with Crippen LogP contribution in [0.4, 0.5) is 10.6 Å². The highest BCUT2D eigenvalue weighted by Crippen LogP contribution is 2.38. The molecular weight excluding hydrogens is 350 g/mol. The van der Waals surface area contributed by atoms with Gasteiger partial charge >= 0.3 is 6.03 Å². The molecule has 1 N–H and O–H groups in total. The van der Waals surface area contributed by atoms with Crippen LogP contribution in [0.2, 0.25) is 0 Å². The maximum Gasteiger partial charge on any atom is 0.323 e. The molecular formula is C18H17N5O2S. The molecule has 26 heavy (non-hydrogen) atoms. The number of anilines is 1. The molecule has 2 fully saturated rings. The Balaban J connectivity index is 1.18. The lowest BCUT2D eigenvalue weighted by atomic mass is 10.2. The Morgan fingerprint density at radius 1 is 1.23 bits per heavy atom. The number of carbonyl (C=O) groups excluding carboxylic acids is 1. The average molecular weight is 367 g/mol. The summed E-state index contributed by atoms with van der Waals surface area (Å²) in [4.78, 5) is 27.1. The molecule has 1 saturated carbocycles. The van der Waals surface area contributed by atoms with Crippen molar-refractivity contribution in [1.29, 1.82) is 0 Å². The van der Waals surface area contributed by atoms with Gasteiger partial charge in [-0.3, -0.25) is 5.32 Å². The van der Waals surface area contributed by atoms with Crippen LogP contribution in [0.3, 0.4) is 0 Å². The Morgan fingerprint density at radius 2 is 2.12 bits per heavy atom. The fourth-order valence-corrected chi connectivity index (χ4v) is 3.68. The van der Waals surface area contributed by atoms with Gasteiger partial charge < -0.3 is 9.64 Å². The molecule has 0 spiro atoms. The van der Waals surface area contributed by atoms with Gasteiger partial charge in [-0.1, -0.05) is 6.07 Å². The predicted molar refractivity (Wildman–Crippen MR) is 98.6 cm³/mol. The van der Waals surface area contributed by atoms with E-state index in [1.165, 1.54) is 0 Å². The van der Waals surface area contributed by atoms with Crippen molar-refractivity contribution in [2.75, 3.05) is 18.4 Å². The fourth-order valence-electron chi connectivity index (χ4n) is 2.98. The topological polar surface area (TPSA) is 80.2 Å². The number of benzene rings is 1. The van der Waals surface area contributed by atoms with Gasteiger partial charge in [0.1, 0.15) is 29.0 Å². The minimum Gasteiger partial charge on any atom is -0.484 e. The number of urea groups is 1. The van der Waals surface area contributed by atoms with Crippen molar-refractivity contribution in [1.82, 2.24) is 19.9 Å². The van der Waals surface area contributed by atoms with E-state index in [-0.39, 0.29) is 12.1 Å². The first-order chi connectivity index (χ1) is 12.8. The third-order valence-corrected chi connectivity index (χ3v) is 5.40.